The third kappa shape index (κ3) is 2.36. The van der Waals surface area contributed by atoms with Crippen LogP contribution in [0, 0.1) is 5.82 Å². The zero-order valence-corrected chi connectivity index (χ0v) is 8.98. The van der Waals surface area contributed by atoms with Gasteiger partial charge in [0.2, 0.25) is 0 Å². The monoisotopic (exact) mass is 237 g/mol. The molecule has 0 aliphatic rings. The van der Waals surface area contributed by atoms with Crippen molar-refractivity contribution in [1.29, 1.82) is 0 Å². The first-order chi connectivity index (χ1) is 6.43. The minimum absolute atomic E-state index is 0.0735. The fraction of sp³-hybridized carbons (Fsp3) is 0.333. The van der Waals surface area contributed by atoms with Crippen LogP contribution in [0.25, 0.3) is 0 Å². The maximum Gasteiger partial charge on any atom is 0.142 e. The van der Waals surface area contributed by atoms with E-state index in [1.165, 1.54) is 6.07 Å². The third-order valence-corrected chi connectivity index (χ3v) is 2.47. The van der Waals surface area contributed by atoms with Gasteiger partial charge < -0.3 is 10.8 Å². The Hall–Kier alpha value is -0.350. The minimum atomic E-state index is -0.991. The lowest BCUT2D eigenvalue weighted by Gasteiger charge is -2.16. The van der Waals surface area contributed by atoms with Gasteiger partial charge in [-0.2, -0.15) is 0 Å². The highest BCUT2D eigenvalue weighted by atomic mass is 35.5. The summed E-state index contributed by atoms with van der Waals surface area (Å²) in [5.41, 5.74) is 5.71. The third-order valence-electron chi connectivity index (χ3n) is 1.86. The number of benzene rings is 1. The van der Waals surface area contributed by atoms with Crippen molar-refractivity contribution in [2.75, 3.05) is 0 Å². The molecule has 14 heavy (non-hydrogen) atoms. The van der Waals surface area contributed by atoms with Crippen LogP contribution < -0.4 is 5.73 Å². The van der Waals surface area contributed by atoms with Crippen molar-refractivity contribution >= 4 is 23.2 Å². The van der Waals surface area contributed by atoms with Crippen molar-refractivity contribution in [2.45, 2.75) is 19.1 Å². The van der Waals surface area contributed by atoms with Gasteiger partial charge in [-0.15, -0.1) is 0 Å². The number of hydrogen-bond acceptors (Lipinski definition) is 2. The average molecular weight is 238 g/mol. The Balaban J connectivity index is 3.15. The number of aliphatic hydroxyl groups is 1. The molecule has 3 N–H and O–H groups in total. The molecule has 0 spiro atoms. The SMILES string of the molecule is C[C@H](N)[C@H](O)c1cc(F)c(Cl)cc1Cl. The van der Waals surface area contributed by atoms with E-state index in [0.717, 1.165) is 6.07 Å². The van der Waals surface area contributed by atoms with Crippen LogP contribution >= 0.6 is 23.2 Å². The number of hydrogen-bond donors (Lipinski definition) is 2. The van der Waals surface area contributed by atoms with Gasteiger partial charge >= 0.3 is 0 Å². The molecule has 0 amide bonds. The van der Waals surface area contributed by atoms with E-state index < -0.39 is 18.0 Å². The summed E-state index contributed by atoms with van der Waals surface area (Å²) in [5.74, 6) is -0.620. The van der Waals surface area contributed by atoms with Crippen LogP contribution in [-0.2, 0) is 0 Å². The number of nitrogens with two attached hydrogens (primary N) is 1. The Morgan fingerprint density at radius 3 is 2.43 bits per heavy atom. The molecule has 1 rings (SSSR count). The fourth-order valence-corrected chi connectivity index (χ4v) is 1.54. The van der Waals surface area contributed by atoms with Gasteiger partial charge in [-0.1, -0.05) is 23.2 Å². The highest BCUT2D eigenvalue weighted by Crippen LogP contribution is 2.29. The molecular weight excluding hydrogens is 228 g/mol. The minimum Gasteiger partial charge on any atom is -0.387 e. The summed E-state index contributed by atoms with van der Waals surface area (Å²) in [6.45, 7) is 1.60. The molecule has 0 heterocycles. The van der Waals surface area contributed by atoms with Gasteiger partial charge in [0.1, 0.15) is 5.82 Å². The summed E-state index contributed by atoms with van der Waals surface area (Å²) in [6.07, 6.45) is -0.991. The zero-order valence-electron chi connectivity index (χ0n) is 7.47. The summed E-state index contributed by atoms with van der Waals surface area (Å²) < 4.78 is 13.0. The van der Waals surface area contributed by atoms with E-state index in [1.807, 2.05) is 0 Å². The molecule has 5 heteroatoms. The van der Waals surface area contributed by atoms with Crippen molar-refractivity contribution in [2.24, 2.45) is 5.73 Å². The topological polar surface area (TPSA) is 46.2 Å². The standard InChI is InChI=1S/C9H10Cl2FNO/c1-4(13)9(14)5-2-8(12)7(11)3-6(5)10/h2-4,9,14H,13H2,1H3/t4-,9-/m0/s1. The molecule has 0 fully saturated rings. The van der Waals surface area contributed by atoms with Gasteiger partial charge in [0.15, 0.2) is 0 Å². The summed E-state index contributed by atoms with van der Waals surface area (Å²) >= 11 is 11.3. The lowest BCUT2D eigenvalue weighted by molar-refractivity contribution is 0.153. The van der Waals surface area contributed by atoms with Crippen molar-refractivity contribution in [3.8, 4) is 0 Å². The van der Waals surface area contributed by atoms with E-state index >= 15 is 0 Å². The van der Waals surface area contributed by atoms with Gasteiger partial charge in [-0.05, 0) is 19.1 Å². The molecule has 78 valence electrons. The number of rotatable bonds is 2. The van der Waals surface area contributed by atoms with Crippen molar-refractivity contribution < 1.29 is 9.50 Å². The first kappa shape index (κ1) is 11.7. The molecule has 1 aromatic rings. The Labute approximate surface area is 91.4 Å². The van der Waals surface area contributed by atoms with Crippen LogP contribution in [0.5, 0.6) is 0 Å². The molecule has 2 atom stereocenters. The molecule has 0 unspecified atom stereocenters. The predicted octanol–water partition coefficient (Wildman–Crippen LogP) is 2.51. The van der Waals surface area contributed by atoms with Crippen LogP contribution in [0.3, 0.4) is 0 Å². The normalized spacial score (nSPS) is 15.3. The Morgan fingerprint density at radius 2 is 1.93 bits per heavy atom. The molecule has 0 bridgehead atoms. The highest BCUT2D eigenvalue weighted by Gasteiger charge is 2.17. The van der Waals surface area contributed by atoms with Crippen LogP contribution in [0.15, 0.2) is 12.1 Å². The van der Waals surface area contributed by atoms with Gasteiger partial charge in [0, 0.05) is 16.6 Å². The van der Waals surface area contributed by atoms with E-state index in [2.05, 4.69) is 0 Å². The number of aliphatic hydroxyl groups excluding tert-OH is 1. The summed E-state index contributed by atoms with van der Waals surface area (Å²) in [6, 6.07) is 1.83. The Kier molecular flexibility index (Phi) is 3.72. The van der Waals surface area contributed by atoms with E-state index in [0.29, 0.717) is 0 Å². The maximum absolute atomic E-state index is 13.0. The molecular formula is C9H10Cl2FNO. The zero-order chi connectivity index (χ0) is 10.9. The van der Waals surface area contributed by atoms with Gasteiger partial charge in [-0.3, -0.25) is 0 Å². The molecule has 2 nitrogen and oxygen atoms in total. The summed E-state index contributed by atoms with van der Waals surface area (Å²) in [5, 5.41) is 9.71. The first-order valence-corrected chi connectivity index (χ1v) is 4.77. The van der Waals surface area contributed by atoms with E-state index in [-0.39, 0.29) is 15.6 Å². The largest absolute Gasteiger partial charge is 0.387 e. The predicted molar refractivity (Wildman–Crippen MR) is 55.0 cm³/mol. The quantitative estimate of drug-likeness (QED) is 0.777. The van der Waals surface area contributed by atoms with Crippen molar-refractivity contribution in [3.05, 3.63) is 33.6 Å². The molecule has 0 aliphatic carbocycles. The summed E-state index contributed by atoms with van der Waals surface area (Å²) in [7, 11) is 0. The Bertz CT molecular complexity index is 344. The molecule has 0 saturated carbocycles. The van der Waals surface area contributed by atoms with Crippen LogP contribution in [0.1, 0.15) is 18.6 Å². The van der Waals surface area contributed by atoms with Gasteiger partial charge in [-0.25, -0.2) is 4.39 Å². The van der Waals surface area contributed by atoms with Crippen molar-refractivity contribution in [3.63, 3.8) is 0 Å². The molecule has 0 saturated heterocycles. The van der Waals surface area contributed by atoms with Gasteiger partial charge in [0.25, 0.3) is 0 Å². The van der Waals surface area contributed by atoms with Crippen LogP contribution in [-0.4, -0.2) is 11.1 Å². The summed E-state index contributed by atoms with van der Waals surface area (Å²) in [4.78, 5) is 0. The lowest BCUT2D eigenvalue weighted by Crippen LogP contribution is -2.24. The first-order valence-electron chi connectivity index (χ1n) is 4.01. The van der Waals surface area contributed by atoms with E-state index in [1.54, 1.807) is 6.92 Å². The Morgan fingerprint density at radius 1 is 1.36 bits per heavy atom. The number of halogens is 3. The molecule has 0 radical (unpaired) electrons. The second kappa shape index (κ2) is 4.45. The molecule has 0 aliphatic heterocycles. The highest BCUT2D eigenvalue weighted by molar-refractivity contribution is 6.35. The molecule has 0 aromatic heterocycles. The smallest absolute Gasteiger partial charge is 0.142 e. The average Bonchev–Trinajstić information content (AvgIpc) is 2.10. The maximum atomic E-state index is 13.0. The van der Waals surface area contributed by atoms with Gasteiger partial charge in [0.05, 0.1) is 11.1 Å². The molecule has 1 aromatic carbocycles. The van der Waals surface area contributed by atoms with E-state index in [4.69, 9.17) is 28.9 Å². The van der Waals surface area contributed by atoms with Crippen LogP contribution in [0.2, 0.25) is 10.0 Å². The van der Waals surface area contributed by atoms with Crippen LogP contribution in [0.4, 0.5) is 4.39 Å². The van der Waals surface area contributed by atoms with Crippen molar-refractivity contribution in [1.82, 2.24) is 0 Å². The fourth-order valence-electron chi connectivity index (χ4n) is 1.05. The second-order valence-corrected chi connectivity index (χ2v) is 3.91. The van der Waals surface area contributed by atoms with E-state index in [9.17, 15) is 9.50 Å². The second-order valence-electron chi connectivity index (χ2n) is 3.09. The lowest BCUT2D eigenvalue weighted by atomic mass is 10.0.